The first-order valence-corrected chi connectivity index (χ1v) is 9.29. The SMILES string of the molecule is CC(C)c1ccc2c(c1)c1c3c(ccc1n2C)sc1ccccc13. The molecule has 0 aliphatic carbocycles. The summed E-state index contributed by atoms with van der Waals surface area (Å²) in [6.45, 7) is 4.53. The molecule has 0 saturated carbocycles. The molecule has 5 rings (SSSR count). The van der Waals surface area contributed by atoms with Crippen LogP contribution in [0, 0.1) is 0 Å². The van der Waals surface area contributed by atoms with Gasteiger partial charge in [0.25, 0.3) is 0 Å². The van der Waals surface area contributed by atoms with Crippen molar-refractivity contribution >= 4 is 53.3 Å². The molecule has 118 valence electrons. The molecule has 0 N–H and O–H groups in total. The van der Waals surface area contributed by atoms with E-state index in [0.717, 1.165) is 0 Å². The minimum atomic E-state index is 0.545. The zero-order valence-electron chi connectivity index (χ0n) is 14.1. The van der Waals surface area contributed by atoms with Gasteiger partial charge in [0.1, 0.15) is 0 Å². The van der Waals surface area contributed by atoms with E-state index < -0.39 is 0 Å². The van der Waals surface area contributed by atoms with Gasteiger partial charge in [-0.1, -0.05) is 38.1 Å². The lowest BCUT2D eigenvalue weighted by molar-refractivity contribution is 0.868. The molecule has 0 spiro atoms. The second-order valence-corrected chi connectivity index (χ2v) is 8.01. The number of thiophene rings is 1. The average molecular weight is 329 g/mol. The zero-order valence-corrected chi connectivity index (χ0v) is 14.9. The summed E-state index contributed by atoms with van der Waals surface area (Å²) in [7, 11) is 2.18. The van der Waals surface area contributed by atoms with Gasteiger partial charge in [0.2, 0.25) is 0 Å². The van der Waals surface area contributed by atoms with E-state index in [1.165, 1.54) is 47.5 Å². The number of aryl methyl sites for hydroxylation is 1. The first kappa shape index (κ1) is 14.1. The molecule has 0 bridgehead atoms. The van der Waals surface area contributed by atoms with Gasteiger partial charge in [0.05, 0.1) is 0 Å². The fourth-order valence-corrected chi connectivity index (χ4v) is 5.01. The van der Waals surface area contributed by atoms with Gasteiger partial charge in [-0.3, -0.25) is 0 Å². The van der Waals surface area contributed by atoms with Crippen LogP contribution in [0.1, 0.15) is 25.3 Å². The Labute approximate surface area is 145 Å². The number of aromatic nitrogens is 1. The monoisotopic (exact) mass is 329 g/mol. The third-order valence-corrected chi connectivity index (χ3v) is 6.34. The van der Waals surface area contributed by atoms with Crippen LogP contribution >= 0.6 is 11.3 Å². The van der Waals surface area contributed by atoms with Crippen LogP contribution in [-0.4, -0.2) is 4.57 Å². The van der Waals surface area contributed by atoms with E-state index in [2.05, 4.69) is 80.1 Å². The Morgan fingerprint density at radius 3 is 2.42 bits per heavy atom. The Bertz CT molecular complexity index is 1240. The Balaban J connectivity index is 2.09. The van der Waals surface area contributed by atoms with E-state index in [1.54, 1.807) is 0 Å². The van der Waals surface area contributed by atoms with Crippen LogP contribution in [0.25, 0.3) is 42.0 Å². The van der Waals surface area contributed by atoms with Crippen LogP contribution in [0.15, 0.2) is 54.6 Å². The van der Waals surface area contributed by atoms with Crippen molar-refractivity contribution in [1.29, 1.82) is 0 Å². The van der Waals surface area contributed by atoms with Gasteiger partial charge in [-0.15, -0.1) is 11.3 Å². The Hall–Kier alpha value is -2.32. The highest BCUT2D eigenvalue weighted by Crippen LogP contribution is 2.42. The molecule has 0 amide bonds. The maximum atomic E-state index is 2.40. The van der Waals surface area contributed by atoms with E-state index in [9.17, 15) is 0 Å². The van der Waals surface area contributed by atoms with Crippen LogP contribution in [-0.2, 0) is 7.05 Å². The number of hydrogen-bond donors (Lipinski definition) is 0. The maximum Gasteiger partial charge on any atom is 0.0496 e. The minimum absolute atomic E-state index is 0.545. The standard InChI is InChI=1S/C22H19NS/c1-13(2)14-8-9-17-16(12-14)21-18(23(17)3)10-11-20-22(21)15-6-4-5-7-19(15)24-20/h4-13H,1-3H3. The van der Waals surface area contributed by atoms with Gasteiger partial charge >= 0.3 is 0 Å². The third-order valence-electron chi connectivity index (χ3n) is 5.20. The zero-order chi connectivity index (χ0) is 16.4. The fourth-order valence-electron chi connectivity index (χ4n) is 3.89. The maximum absolute atomic E-state index is 2.40. The lowest BCUT2D eigenvalue weighted by Crippen LogP contribution is -1.88. The van der Waals surface area contributed by atoms with Gasteiger partial charge in [-0.2, -0.15) is 0 Å². The lowest BCUT2D eigenvalue weighted by Gasteiger charge is -2.05. The minimum Gasteiger partial charge on any atom is -0.344 e. The summed E-state index contributed by atoms with van der Waals surface area (Å²) in [6.07, 6.45) is 0. The average Bonchev–Trinajstić information content (AvgIpc) is 3.10. The first-order chi connectivity index (χ1) is 11.6. The molecule has 2 heterocycles. The van der Waals surface area contributed by atoms with Crippen molar-refractivity contribution < 1.29 is 0 Å². The van der Waals surface area contributed by atoms with Gasteiger partial charge in [-0.05, 0) is 41.8 Å². The molecule has 0 aliphatic heterocycles. The molecule has 0 saturated heterocycles. The van der Waals surface area contributed by atoms with Crippen LogP contribution in [0.2, 0.25) is 0 Å². The molecule has 1 nitrogen and oxygen atoms in total. The molecule has 3 aromatic carbocycles. The van der Waals surface area contributed by atoms with E-state index >= 15 is 0 Å². The second-order valence-electron chi connectivity index (χ2n) is 6.92. The van der Waals surface area contributed by atoms with E-state index in [0.29, 0.717) is 5.92 Å². The lowest BCUT2D eigenvalue weighted by atomic mass is 9.99. The summed E-state index contributed by atoms with van der Waals surface area (Å²) in [5.74, 6) is 0.545. The summed E-state index contributed by atoms with van der Waals surface area (Å²) in [5.41, 5.74) is 4.05. The van der Waals surface area contributed by atoms with E-state index in [4.69, 9.17) is 0 Å². The summed E-state index contributed by atoms with van der Waals surface area (Å²) in [5, 5.41) is 5.59. The van der Waals surface area contributed by atoms with Crippen molar-refractivity contribution in [2.24, 2.45) is 7.05 Å². The van der Waals surface area contributed by atoms with Gasteiger partial charge in [0, 0.05) is 49.0 Å². The number of nitrogens with zero attached hydrogens (tertiary/aromatic N) is 1. The molecule has 24 heavy (non-hydrogen) atoms. The van der Waals surface area contributed by atoms with Gasteiger partial charge < -0.3 is 4.57 Å². The second kappa shape index (κ2) is 4.84. The molecule has 0 fully saturated rings. The van der Waals surface area contributed by atoms with Crippen molar-refractivity contribution in [3.8, 4) is 0 Å². The number of hydrogen-bond acceptors (Lipinski definition) is 1. The molecule has 0 atom stereocenters. The highest BCUT2D eigenvalue weighted by atomic mass is 32.1. The molecular weight excluding hydrogens is 310 g/mol. The summed E-state index contributed by atoms with van der Waals surface area (Å²) >= 11 is 1.90. The molecule has 5 aromatic rings. The molecule has 2 aromatic heterocycles. The fraction of sp³-hybridized carbons (Fsp3) is 0.182. The number of fused-ring (bicyclic) bond motifs is 7. The molecule has 0 radical (unpaired) electrons. The summed E-state index contributed by atoms with van der Waals surface area (Å²) < 4.78 is 5.09. The number of benzene rings is 3. The van der Waals surface area contributed by atoms with Crippen molar-refractivity contribution in [1.82, 2.24) is 4.57 Å². The van der Waals surface area contributed by atoms with Crippen molar-refractivity contribution in [3.63, 3.8) is 0 Å². The Morgan fingerprint density at radius 2 is 1.58 bits per heavy atom. The van der Waals surface area contributed by atoms with Crippen LogP contribution in [0.3, 0.4) is 0 Å². The van der Waals surface area contributed by atoms with Crippen molar-refractivity contribution in [2.45, 2.75) is 19.8 Å². The first-order valence-electron chi connectivity index (χ1n) is 8.47. The quantitative estimate of drug-likeness (QED) is 0.318. The predicted octanol–water partition coefficient (Wildman–Crippen LogP) is 6.82. The third kappa shape index (κ3) is 1.75. The van der Waals surface area contributed by atoms with Crippen molar-refractivity contribution in [3.05, 3.63) is 60.2 Å². The Kier molecular flexibility index (Phi) is 2.84. The number of rotatable bonds is 1. The molecule has 2 heteroatoms. The van der Waals surface area contributed by atoms with E-state index in [1.807, 2.05) is 11.3 Å². The van der Waals surface area contributed by atoms with Crippen LogP contribution in [0.5, 0.6) is 0 Å². The topological polar surface area (TPSA) is 4.93 Å². The highest BCUT2D eigenvalue weighted by molar-refractivity contribution is 7.26. The normalized spacial score (nSPS) is 12.3. The largest absolute Gasteiger partial charge is 0.344 e. The van der Waals surface area contributed by atoms with Crippen LogP contribution < -0.4 is 0 Å². The van der Waals surface area contributed by atoms with Gasteiger partial charge in [0.15, 0.2) is 0 Å². The summed E-state index contributed by atoms with van der Waals surface area (Å²) in [6, 6.07) is 20.3. The van der Waals surface area contributed by atoms with Crippen LogP contribution in [0.4, 0.5) is 0 Å². The molecule has 0 unspecified atom stereocenters. The van der Waals surface area contributed by atoms with Crippen molar-refractivity contribution in [2.75, 3.05) is 0 Å². The molecule has 0 aliphatic rings. The van der Waals surface area contributed by atoms with Gasteiger partial charge in [-0.25, -0.2) is 0 Å². The smallest absolute Gasteiger partial charge is 0.0496 e. The Morgan fingerprint density at radius 1 is 0.792 bits per heavy atom. The van der Waals surface area contributed by atoms with E-state index in [-0.39, 0.29) is 0 Å². The summed E-state index contributed by atoms with van der Waals surface area (Å²) in [4.78, 5) is 0. The predicted molar refractivity (Wildman–Crippen MR) is 107 cm³/mol. The molecular formula is C22H19NS. The highest BCUT2D eigenvalue weighted by Gasteiger charge is 2.15.